The van der Waals surface area contributed by atoms with E-state index in [9.17, 15) is 14.4 Å². The quantitative estimate of drug-likeness (QED) is 0.0867. The lowest BCUT2D eigenvalue weighted by atomic mass is 10.1. The lowest BCUT2D eigenvalue weighted by molar-refractivity contribution is -0.116. The van der Waals surface area contributed by atoms with Crippen molar-refractivity contribution in [2.24, 2.45) is 0 Å². The van der Waals surface area contributed by atoms with E-state index in [0.717, 1.165) is 10.0 Å². The minimum atomic E-state index is -0.685. The lowest BCUT2D eigenvalue weighted by Gasteiger charge is -2.19. The Morgan fingerprint density at radius 2 is 1.47 bits per heavy atom. The summed E-state index contributed by atoms with van der Waals surface area (Å²) in [6.45, 7) is 0. The third-order valence-electron chi connectivity index (χ3n) is 7.11. The first-order valence-corrected chi connectivity index (χ1v) is 17.0. The van der Waals surface area contributed by atoms with E-state index >= 15 is 0 Å². The van der Waals surface area contributed by atoms with Gasteiger partial charge in [-0.1, -0.05) is 94.3 Å². The van der Waals surface area contributed by atoms with E-state index in [4.69, 9.17) is 21.1 Å². The normalized spacial score (nSPS) is 11.6. The summed E-state index contributed by atoms with van der Waals surface area (Å²) in [5.41, 5.74) is 2.81. The van der Waals surface area contributed by atoms with E-state index in [0.29, 0.717) is 43.9 Å². The van der Waals surface area contributed by atoms with E-state index in [-0.39, 0.29) is 11.6 Å². The Morgan fingerprint density at radius 1 is 0.776 bits per heavy atom. The van der Waals surface area contributed by atoms with Crippen molar-refractivity contribution >= 4 is 74.5 Å². The average Bonchev–Trinajstić information content (AvgIpc) is 3.11. The van der Waals surface area contributed by atoms with Crippen molar-refractivity contribution in [3.05, 3.63) is 153 Å². The molecule has 0 aromatic heterocycles. The number of carbonyl (C=O) groups excluding carboxylic acids is 3. The number of nitrogens with one attached hydrogen (secondary N) is 3. The Kier molecular flexibility index (Phi) is 12.2. The second-order valence-electron chi connectivity index (χ2n) is 10.5. The number of hydrogen-bond acceptors (Lipinski definition) is 6. The van der Waals surface area contributed by atoms with Crippen molar-refractivity contribution in [1.29, 1.82) is 0 Å². The number of benzene rings is 5. The van der Waals surface area contributed by atoms with Crippen molar-refractivity contribution in [3.8, 4) is 11.5 Å². The monoisotopic (exact) mass is 755 g/mol. The van der Waals surface area contributed by atoms with Gasteiger partial charge in [0.25, 0.3) is 11.8 Å². The highest BCUT2D eigenvalue weighted by atomic mass is 79.9. The summed E-state index contributed by atoms with van der Waals surface area (Å²) >= 11 is 11.1. The summed E-state index contributed by atoms with van der Waals surface area (Å²) in [6, 6.07) is 35.7. The van der Waals surface area contributed by atoms with Crippen LogP contribution in [0.4, 0.5) is 11.4 Å². The van der Waals surface area contributed by atoms with Crippen molar-refractivity contribution in [1.82, 2.24) is 5.32 Å². The number of halogens is 2. The fraction of sp³-hybridized carbons (Fsp3) is 0.0789. The zero-order valence-corrected chi connectivity index (χ0v) is 29.6. The molecule has 1 unspecified atom stereocenters. The molecule has 8 nitrogen and oxygen atoms in total. The van der Waals surface area contributed by atoms with Crippen LogP contribution in [0.1, 0.15) is 26.7 Å². The van der Waals surface area contributed by atoms with Crippen LogP contribution < -0.4 is 25.4 Å². The SMILES string of the molecule is COc1cc(OC)c(NC(=O)C(Sc2cccc(NC(=O)/C(=C\c3cccc(Br)c3)NC(=O)c3ccccc3)c2)c2ccccc2)cc1Cl. The third-order valence-corrected chi connectivity index (χ3v) is 9.14. The van der Waals surface area contributed by atoms with Gasteiger partial charge < -0.3 is 25.4 Å². The van der Waals surface area contributed by atoms with Crippen LogP contribution in [-0.2, 0) is 9.59 Å². The molecule has 0 aliphatic heterocycles. The fourth-order valence-corrected chi connectivity index (χ4v) is 6.49. The number of amides is 3. The van der Waals surface area contributed by atoms with Gasteiger partial charge >= 0.3 is 0 Å². The Hall–Kier alpha value is -5.03. The Labute approximate surface area is 302 Å². The molecule has 1 atom stereocenters. The Balaban J connectivity index is 1.39. The van der Waals surface area contributed by atoms with E-state index in [1.807, 2.05) is 66.7 Å². The topological polar surface area (TPSA) is 106 Å². The molecule has 0 aliphatic carbocycles. The minimum absolute atomic E-state index is 0.0543. The van der Waals surface area contributed by atoms with Crippen molar-refractivity contribution < 1.29 is 23.9 Å². The van der Waals surface area contributed by atoms with Crippen molar-refractivity contribution in [3.63, 3.8) is 0 Å². The highest BCUT2D eigenvalue weighted by Gasteiger charge is 2.24. The molecular formula is C38H31BrClN3O5S. The number of ether oxygens (including phenoxy) is 2. The third kappa shape index (κ3) is 9.54. The zero-order valence-electron chi connectivity index (χ0n) is 26.4. The standard InChI is InChI=1S/C38H31BrClN3O5S/c1-47-33-23-34(48-2)31(22-30(33)40)42-38(46)35(25-12-5-3-6-13-25)49-29-18-10-17-28(21-29)41-37(45)32(20-24-11-9-16-27(39)19-24)43-36(44)26-14-7-4-8-15-26/h3-23,35H,1-2H3,(H,41,45)(H,42,46)(H,43,44)/b32-20+. The number of anilines is 2. The molecule has 11 heteroatoms. The first-order chi connectivity index (χ1) is 23.7. The summed E-state index contributed by atoms with van der Waals surface area (Å²) in [4.78, 5) is 41.3. The predicted molar refractivity (Wildman–Crippen MR) is 199 cm³/mol. The fourth-order valence-electron chi connectivity index (χ4n) is 4.74. The van der Waals surface area contributed by atoms with Gasteiger partial charge in [-0.15, -0.1) is 11.8 Å². The Morgan fingerprint density at radius 3 is 2.16 bits per heavy atom. The minimum Gasteiger partial charge on any atom is -0.495 e. The van der Waals surface area contributed by atoms with Crippen molar-refractivity contribution in [2.45, 2.75) is 10.1 Å². The van der Waals surface area contributed by atoms with Crippen molar-refractivity contribution in [2.75, 3.05) is 24.9 Å². The highest BCUT2D eigenvalue weighted by molar-refractivity contribution is 9.10. The van der Waals surface area contributed by atoms with E-state index in [1.165, 1.54) is 26.0 Å². The molecule has 0 saturated carbocycles. The first kappa shape index (κ1) is 35.3. The predicted octanol–water partition coefficient (Wildman–Crippen LogP) is 9.00. The molecule has 0 fully saturated rings. The molecule has 0 heterocycles. The largest absolute Gasteiger partial charge is 0.495 e. The average molecular weight is 757 g/mol. The molecule has 5 rings (SSSR count). The molecule has 0 bridgehead atoms. The number of thioether (sulfide) groups is 1. The number of rotatable bonds is 12. The summed E-state index contributed by atoms with van der Waals surface area (Å²) < 4.78 is 11.6. The van der Waals surface area contributed by atoms with Gasteiger partial charge in [0.05, 0.1) is 24.9 Å². The van der Waals surface area contributed by atoms with Crippen LogP contribution in [0.3, 0.4) is 0 Å². The van der Waals surface area contributed by atoms with Crippen LogP contribution in [0.15, 0.2) is 136 Å². The molecule has 248 valence electrons. The van der Waals surface area contributed by atoms with Gasteiger partial charge in [-0.2, -0.15) is 0 Å². The summed E-state index contributed by atoms with van der Waals surface area (Å²) in [7, 11) is 2.99. The summed E-state index contributed by atoms with van der Waals surface area (Å²) in [6.07, 6.45) is 1.61. The van der Waals surface area contributed by atoms with Gasteiger partial charge in [-0.3, -0.25) is 14.4 Å². The molecule has 5 aromatic rings. The van der Waals surface area contributed by atoms with Gasteiger partial charge in [-0.25, -0.2) is 0 Å². The maximum Gasteiger partial charge on any atom is 0.272 e. The molecular weight excluding hydrogens is 726 g/mol. The van der Waals surface area contributed by atoms with Crippen LogP contribution in [0.25, 0.3) is 6.08 Å². The number of methoxy groups -OCH3 is 2. The zero-order chi connectivity index (χ0) is 34.8. The number of hydrogen-bond donors (Lipinski definition) is 3. The first-order valence-electron chi connectivity index (χ1n) is 14.9. The van der Waals surface area contributed by atoms with Gasteiger partial charge in [-0.05, 0) is 65.7 Å². The molecule has 0 aliphatic rings. The molecule has 5 aromatic carbocycles. The Bertz CT molecular complexity index is 1990. The second-order valence-corrected chi connectivity index (χ2v) is 13.0. The molecule has 3 amide bonds. The van der Waals surface area contributed by atoms with Crippen LogP contribution in [0, 0.1) is 0 Å². The van der Waals surface area contributed by atoms with Gasteiger partial charge in [0, 0.05) is 26.7 Å². The molecule has 49 heavy (non-hydrogen) atoms. The van der Waals surface area contributed by atoms with E-state index in [2.05, 4.69) is 31.9 Å². The van der Waals surface area contributed by atoms with Gasteiger partial charge in [0.15, 0.2) is 0 Å². The maximum absolute atomic E-state index is 13.8. The highest BCUT2D eigenvalue weighted by Crippen LogP contribution is 2.40. The second kappa shape index (κ2) is 16.9. The lowest BCUT2D eigenvalue weighted by Crippen LogP contribution is -2.30. The van der Waals surface area contributed by atoms with Crippen LogP contribution in [-0.4, -0.2) is 31.9 Å². The molecule has 3 N–H and O–H groups in total. The molecule has 0 radical (unpaired) electrons. The van der Waals surface area contributed by atoms with Crippen LogP contribution in [0.2, 0.25) is 5.02 Å². The summed E-state index contributed by atoms with van der Waals surface area (Å²) in [5, 5.41) is 8.24. The van der Waals surface area contributed by atoms with Crippen LogP contribution >= 0.6 is 39.3 Å². The molecule has 0 saturated heterocycles. The number of carbonyl (C=O) groups is 3. The molecule has 0 spiro atoms. The van der Waals surface area contributed by atoms with E-state index < -0.39 is 17.1 Å². The van der Waals surface area contributed by atoms with E-state index in [1.54, 1.807) is 60.7 Å². The summed E-state index contributed by atoms with van der Waals surface area (Å²) in [5.74, 6) is -0.450. The smallest absolute Gasteiger partial charge is 0.272 e. The van der Waals surface area contributed by atoms with Gasteiger partial charge in [0.2, 0.25) is 5.91 Å². The maximum atomic E-state index is 13.8. The van der Waals surface area contributed by atoms with Crippen LogP contribution in [0.5, 0.6) is 11.5 Å². The van der Waals surface area contributed by atoms with Gasteiger partial charge in [0.1, 0.15) is 22.4 Å².